The van der Waals surface area contributed by atoms with Crippen molar-refractivity contribution in [2.24, 2.45) is 5.73 Å². The molecule has 3 nitrogen and oxygen atoms in total. The van der Waals surface area contributed by atoms with Crippen LogP contribution >= 0.6 is 0 Å². The van der Waals surface area contributed by atoms with Gasteiger partial charge in [0, 0.05) is 12.3 Å². The van der Waals surface area contributed by atoms with Gasteiger partial charge in [-0.1, -0.05) is 6.07 Å². The molecule has 1 atom stereocenters. The highest BCUT2D eigenvalue weighted by Crippen LogP contribution is 2.35. The van der Waals surface area contributed by atoms with Gasteiger partial charge in [-0.3, -0.25) is 0 Å². The number of hydrogen-bond acceptors (Lipinski definition) is 3. The molecule has 19 heavy (non-hydrogen) atoms. The lowest BCUT2D eigenvalue weighted by molar-refractivity contribution is 0.494. The van der Waals surface area contributed by atoms with Crippen LogP contribution in [-0.4, -0.2) is 19.4 Å². The van der Waals surface area contributed by atoms with E-state index in [0.29, 0.717) is 0 Å². The summed E-state index contributed by atoms with van der Waals surface area (Å²) in [6.07, 6.45) is 1.25. The van der Waals surface area contributed by atoms with E-state index in [1.807, 2.05) is 27.7 Å². The molecule has 1 unspecified atom stereocenters. The quantitative estimate of drug-likeness (QED) is 0.928. The summed E-state index contributed by atoms with van der Waals surface area (Å²) in [5.74, 6) is 0. The molecule has 0 heterocycles. The number of benzene rings is 1. The van der Waals surface area contributed by atoms with Crippen molar-refractivity contribution in [1.29, 1.82) is 0 Å². The summed E-state index contributed by atoms with van der Waals surface area (Å²) in [5, 5.41) is 0. The minimum Gasteiger partial charge on any atom is -0.323 e. The summed E-state index contributed by atoms with van der Waals surface area (Å²) in [5.41, 5.74) is 11.8. The third-order valence-electron chi connectivity index (χ3n) is 4.44. The lowest BCUT2D eigenvalue weighted by Crippen LogP contribution is -2.43. The topological polar surface area (TPSA) is 60.2 Å². The van der Waals surface area contributed by atoms with Gasteiger partial charge in [0.15, 0.2) is 9.84 Å². The molecule has 108 valence electrons. The largest absolute Gasteiger partial charge is 0.323 e. The number of hydrogen-bond donors (Lipinski definition) is 1. The van der Waals surface area contributed by atoms with E-state index in [0.717, 1.165) is 27.8 Å². The number of aryl methyl sites for hydroxylation is 2. The number of sulfone groups is 1. The zero-order chi connectivity index (χ0) is 15.2. The summed E-state index contributed by atoms with van der Waals surface area (Å²) < 4.78 is 23.0. The number of nitrogens with two attached hydrogens (primary N) is 1. The normalized spacial score (nSPS) is 14.5. The molecule has 0 bridgehead atoms. The van der Waals surface area contributed by atoms with E-state index < -0.39 is 20.6 Å². The maximum atomic E-state index is 12.0. The van der Waals surface area contributed by atoms with Crippen molar-refractivity contribution in [1.82, 2.24) is 0 Å². The minimum atomic E-state index is -3.23. The van der Waals surface area contributed by atoms with Crippen LogP contribution in [0.25, 0.3) is 0 Å². The van der Waals surface area contributed by atoms with Crippen molar-refractivity contribution < 1.29 is 8.42 Å². The second kappa shape index (κ2) is 4.91. The van der Waals surface area contributed by atoms with E-state index in [1.165, 1.54) is 6.26 Å². The Morgan fingerprint density at radius 3 is 1.74 bits per heavy atom. The smallest absolute Gasteiger partial charge is 0.154 e. The molecule has 0 saturated carbocycles. The highest BCUT2D eigenvalue weighted by molar-refractivity contribution is 7.92. The van der Waals surface area contributed by atoms with E-state index in [4.69, 9.17) is 5.73 Å². The molecular weight excluding hydrogens is 258 g/mol. The SMILES string of the molecule is Cc1cc(C)c(C)c(C(N)C(C)(C)S(C)(=O)=O)c1C. The van der Waals surface area contributed by atoms with Gasteiger partial charge in [-0.25, -0.2) is 8.42 Å². The molecule has 0 fully saturated rings. The van der Waals surface area contributed by atoms with Gasteiger partial charge < -0.3 is 5.73 Å². The van der Waals surface area contributed by atoms with Crippen LogP contribution < -0.4 is 5.73 Å². The standard InChI is InChI=1S/C15H25NO2S/c1-9-8-10(2)12(4)13(11(9)3)14(16)15(5,6)19(7,17)18/h8,14H,16H2,1-7H3. The minimum absolute atomic E-state index is 0.527. The zero-order valence-corrected chi connectivity index (χ0v) is 13.8. The van der Waals surface area contributed by atoms with E-state index in [9.17, 15) is 8.42 Å². The second-order valence-corrected chi connectivity index (χ2v) is 8.62. The number of rotatable bonds is 3. The third kappa shape index (κ3) is 2.70. The average Bonchev–Trinajstić information content (AvgIpc) is 2.25. The molecule has 0 aliphatic heterocycles. The molecule has 0 aliphatic rings. The Hall–Kier alpha value is -0.870. The highest BCUT2D eigenvalue weighted by Gasteiger charge is 2.39. The maximum Gasteiger partial charge on any atom is 0.154 e. The van der Waals surface area contributed by atoms with Crippen LogP contribution in [0.5, 0.6) is 0 Å². The van der Waals surface area contributed by atoms with Gasteiger partial charge in [-0.05, 0) is 69.4 Å². The van der Waals surface area contributed by atoms with Crippen molar-refractivity contribution in [3.05, 3.63) is 33.9 Å². The van der Waals surface area contributed by atoms with Gasteiger partial charge in [0.05, 0.1) is 4.75 Å². The average molecular weight is 283 g/mol. The van der Waals surface area contributed by atoms with Gasteiger partial charge in [0.1, 0.15) is 0 Å². The van der Waals surface area contributed by atoms with Crippen LogP contribution in [0.2, 0.25) is 0 Å². The first-order valence-corrected chi connectivity index (χ1v) is 8.33. The summed E-state index contributed by atoms with van der Waals surface area (Å²) >= 11 is 0. The van der Waals surface area contributed by atoms with E-state index in [1.54, 1.807) is 13.8 Å². The van der Waals surface area contributed by atoms with Crippen molar-refractivity contribution >= 4 is 9.84 Å². The Bertz CT molecular complexity index is 575. The Labute approximate surface area is 117 Å². The van der Waals surface area contributed by atoms with Crippen LogP contribution in [0.3, 0.4) is 0 Å². The van der Waals surface area contributed by atoms with E-state index in [-0.39, 0.29) is 0 Å². The second-order valence-electron chi connectivity index (χ2n) is 6.03. The van der Waals surface area contributed by atoms with Crippen LogP contribution in [0.15, 0.2) is 6.07 Å². The summed E-state index contributed by atoms with van der Waals surface area (Å²) in [6.45, 7) is 11.5. The van der Waals surface area contributed by atoms with Gasteiger partial charge in [-0.15, -0.1) is 0 Å². The van der Waals surface area contributed by atoms with Crippen LogP contribution in [-0.2, 0) is 9.84 Å². The molecule has 0 saturated heterocycles. The van der Waals surface area contributed by atoms with Gasteiger partial charge in [-0.2, -0.15) is 0 Å². The fraction of sp³-hybridized carbons (Fsp3) is 0.600. The molecule has 0 radical (unpaired) electrons. The molecule has 1 rings (SSSR count). The molecule has 2 N–H and O–H groups in total. The predicted molar refractivity (Wildman–Crippen MR) is 81.2 cm³/mol. The van der Waals surface area contributed by atoms with Gasteiger partial charge in [0.2, 0.25) is 0 Å². The van der Waals surface area contributed by atoms with Gasteiger partial charge in [0.25, 0.3) is 0 Å². The summed E-state index contributed by atoms with van der Waals surface area (Å²) in [7, 11) is -3.23. The highest BCUT2D eigenvalue weighted by atomic mass is 32.2. The lowest BCUT2D eigenvalue weighted by atomic mass is 9.85. The van der Waals surface area contributed by atoms with Gasteiger partial charge >= 0.3 is 0 Å². The van der Waals surface area contributed by atoms with Crippen LogP contribution in [0, 0.1) is 27.7 Å². The monoisotopic (exact) mass is 283 g/mol. The Morgan fingerprint density at radius 2 is 1.42 bits per heavy atom. The van der Waals surface area contributed by atoms with Crippen molar-refractivity contribution in [3.8, 4) is 0 Å². The van der Waals surface area contributed by atoms with Crippen molar-refractivity contribution in [2.75, 3.05) is 6.26 Å². The molecule has 0 spiro atoms. The first kappa shape index (κ1) is 16.2. The van der Waals surface area contributed by atoms with Crippen molar-refractivity contribution in [3.63, 3.8) is 0 Å². The Morgan fingerprint density at radius 1 is 1.05 bits per heavy atom. The molecule has 4 heteroatoms. The molecule has 0 amide bonds. The predicted octanol–water partition coefficient (Wildman–Crippen LogP) is 2.74. The summed E-state index contributed by atoms with van der Waals surface area (Å²) in [6, 6.07) is 1.59. The first-order chi connectivity index (χ1) is 8.41. The zero-order valence-electron chi connectivity index (χ0n) is 13.0. The molecule has 1 aromatic carbocycles. The van der Waals surface area contributed by atoms with Crippen LogP contribution in [0.1, 0.15) is 47.7 Å². The molecule has 0 aliphatic carbocycles. The summed E-state index contributed by atoms with van der Waals surface area (Å²) in [4.78, 5) is 0. The first-order valence-electron chi connectivity index (χ1n) is 6.43. The van der Waals surface area contributed by atoms with Crippen LogP contribution in [0.4, 0.5) is 0 Å². The third-order valence-corrected chi connectivity index (χ3v) is 6.60. The van der Waals surface area contributed by atoms with Crippen molar-refractivity contribution in [2.45, 2.75) is 52.3 Å². The van der Waals surface area contributed by atoms with E-state index in [2.05, 4.69) is 6.07 Å². The molecular formula is C15H25NO2S. The molecule has 1 aromatic rings. The molecule has 0 aromatic heterocycles. The van der Waals surface area contributed by atoms with E-state index >= 15 is 0 Å². The maximum absolute atomic E-state index is 12.0. The Kier molecular flexibility index (Phi) is 4.18. The fourth-order valence-electron chi connectivity index (χ4n) is 2.29. The fourth-order valence-corrected chi connectivity index (χ4v) is 2.87. The lowest BCUT2D eigenvalue weighted by Gasteiger charge is -2.33. The Balaban J connectivity index is 3.56.